The highest BCUT2D eigenvalue weighted by Crippen LogP contribution is 2.26. The van der Waals surface area contributed by atoms with E-state index in [-0.39, 0.29) is 5.91 Å². The molecule has 0 radical (unpaired) electrons. The van der Waals surface area contributed by atoms with Crippen LogP contribution in [0.2, 0.25) is 0 Å². The summed E-state index contributed by atoms with van der Waals surface area (Å²) in [5, 5.41) is 3.92. The van der Waals surface area contributed by atoms with Crippen molar-refractivity contribution in [2.45, 2.75) is 13.0 Å². The maximum Gasteiger partial charge on any atom is 0.224 e. The van der Waals surface area contributed by atoms with Gasteiger partial charge in [0.1, 0.15) is 11.5 Å². The van der Waals surface area contributed by atoms with Crippen LogP contribution < -0.4 is 14.8 Å². The number of para-hydroxylation sites is 1. The van der Waals surface area contributed by atoms with E-state index in [0.717, 1.165) is 33.5 Å². The van der Waals surface area contributed by atoms with E-state index in [0.29, 0.717) is 19.5 Å². The molecule has 1 aromatic heterocycles. The smallest absolute Gasteiger partial charge is 0.224 e. The Hall–Kier alpha value is -3.21. The van der Waals surface area contributed by atoms with Gasteiger partial charge < -0.3 is 19.4 Å². The van der Waals surface area contributed by atoms with E-state index in [2.05, 4.69) is 22.5 Å². The summed E-state index contributed by atoms with van der Waals surface area (Å²) in [6.45, 7) is 4.76. The van der Waals surface area contributed by atoms with Crippen LogP contribution in [-0.4, -0.2) is 31.2 Å². The van der Waals surface area contributed by atoms with Crippen LogP contribution >= 0.6 is 0 Å². The molecule has 0 aliphatic heterocycles. The summed E-state index contributed by atoms with van der Waals surface area (Å²) in [5.41, 5.74) is 3.16. The van der Waals surface area contributed by atoms with Gasteiger partial charge in [0.15, 0.2) is 0 Å². The van der Waals surface area contributed by atoms with Crippen molar-refractivity contribution in [3.8, 4) is 11.5 Å². The van der Waals surface area contributed by atoms with Crippen molar-refractivity contribution in [1.29, 1.82) is 0 Å². The first-order valence-electron chi connectivity index (χ1n) is 8.81. The summed E-state index contributed by atoms with van der Waals surface area (Å²) < 4.78 is 12.9. The van der Waals surface area contributed by atoms with Gasteiger partial charge in [0.05, 0.1) is 20.6 Å². The second kappa shape index (κ2) is 8.45. The van der Waals surface area contributed by atoms with Crippen LogP contribution in [0.1, 0.15) is 11.1 Å². The van der Waals surface area contributed by atoms with Gasteiger partial charge in [-0.15, -0.1) is 6.58 Å². The molecule has 0 atom stereocenters. The molecule has 2 aromatic carbocycles. The molecule has 0 fully saturated rings. The van der Waals surface area contributed by atoms with Gasteiger partial charge in [-0.05, 0) is 29.3 Å². The highest BCUT2D eigenvalue weighted by molar-refractivity contribution is 5.89. The molecule has 0 spiro atoms. The van der Waals surface area contributed by atoms with E-state index >= 15 is 0 Å². The van der Waals surface area contributed by atoms with Gasteiger partial charge in [0.25, 0.3) is 0 Å². The molecule has 0 saturated heterocycles. The number of carbonyl (C=O) groups excluding carboxylic acids is 1. The molecule has 140 valence electrons. The Morgan fingerprint density at radius 1 is 1.15 bits per heavy atom. The molecule has 3 aromatic rings. The van der Waals surface area contributed by atoms with Crippen LogP contribution in [0.4, 0.5) is 0 Å². The average molecular weight is 364 g/mol. The highest BCUT2D eigenvalue weighted by Gasteiger charge is 2.12. The zero-order valence-electron chi connectivity index (χ0n) is 15.7. The molecule has 5 nitrogen and oxygen atoms in total. The van der Waals surface area contributed by atoms with Gasteiger partial charge in [-0.2, -0.15) is 0 Å². The second-order valence-corrected chi connectivity index (χ2v) is 6.29. The quantitative estimate of drug-likeness (QED) is 0.622. The van der Waals surface area contributed by atoms with Crippen LogP contribution in [0.5, 0.6) is 11.5 Å². The third kappa shape index (κ3) is 4.31. The maximum atomic E-state index is 12.1. The predicted molar refractivity (Wildman–Crippen MR) is 107 cm³/mol. The van der Waals surface area contributed by atoms with Gasteiger partial charge >= 0.3 is 0 Å². The SMILES string of the molecule is C=CCNC(=O)Cc1cn(Cc2cc(OC)cc(OC)c2)c2ccccc12. The zero-order chi connectivity index (χ0) is 19.2. The fraction of sp³-hybridized carbons (Fsp3) is 0.227. The summed E-state index contributed by atoms with van der Waals surface area (Å²) in [5.74, 6) is 1.50. The molecule has 0 unspecified atom stereocenters. The standard InChI is InChI=1S/C22H24N2O3/c1-4-9-23-22(25)12-17-15-24(21-8-6-5-7-20(17)21)14-16-10-18(26-2)13-19(11-16)27-3/h4-8,10-11,13,15H,1,9,12,14H2,2-3H3,(H,23,25). The van der Waals surface area contributed by atoms with E-state index in [1.54, 1.807) is 20.3 Å². The average Bonchev–Trinajstić information content (AvgIpc) is 3.03. The molecule has 1 heterocycles. The fourth-order valence-corrected chi connectivity index (χ4v) is 3.17. The first-order chi connectivity index (χ1) is 13.1. The van der Waals surface area contributed by atoms with Crippen LogP contribution in [-0.2, 0) is 17.8 Å². The number of fused-ring (bicyclic) bond motifs is 1. The minimum absolute atomic E-state index is 0.0131. The van der Waals surface area contributed by atoms with E-state index < -0.39 is 0 Å². The number of amides is 1. The summed E-state index contributed by atoms with van der Waals surface area (Å²) >= 11 is 0. The van der Waals surface area contributed by atoms with Gasteiger partial charge in [-0.1, -0.05) is 24.3 Å². The third-order valence-electron chi connectivity index (χ3n) is 4.43. The number of rotatable bonds is 8. The number of hydrogen-bond acceptors (Lipinski definition) is 3. The number of hydrogen-bond donors (Lipinski definition) is 1. The first-order valence-corrected chi connectivity index (χ1v) is 8.81. The molecule has 0 aliphatic rings. The maximum absolute atomic E-state index is 12.1. The van der Waals surface area contributed by atoms with Crippen LogP contribution in [0.3, 0.4) is 0 Å². The van der Waals surface area contributed by atoms with Crippen molar-refractivity contribution in [1.82, 2.24) is 9.88 Å². The topological polar surface area (TPSA) is 52.5 Å². The van der Waals surface area contributed by atoms with Crippen molar-refractivity contribution in [2.75, 3.05) is 20.8 Å². The fourth-order valence-electron chi connectivity index (χ4n) is 3.17. The van der Waals surface area contributed by atoms with Crippen molar-refractivity contribution in [3.05, 3.63) is 72.4 Å². The summed E-state index contributed by atoms with van der Waals surface area (Å²) in [6.07, 6.45) is 4.06. The second-order valence-electron chi connectivity index (χ2n) is 6.29. The Bertz CT molecular complexity index is 937. The van der Waals surface area contributed by atoms with Crippen molar-refractivity contribution in [3.63, 3.8) is 0 Å². The Labute approximate surface area is 159 Å². The molecular formula is C22H24N2O3. The van der Waals surface area contributed by atoms with E-state index in [4.69, 9.17) is 9.47 Å². The van der Waals surface area contributed by atoms with Crippen molar-refractivity contribution < 1.29 is 14.3 Å². The Kier molecular flexibility index (Phi) is 5.81. The lowest BCUT2D eigenvalue weighted by atomic mass is 10.1. The van der Waals surface area contributed by atoms with Gasteiger partial charge in [0.2, 0.25) is 5.91 Å². The Balaban J connectivity index is 1.93. The molecule has 1 amide bonds. The normalized spacial score (nSPS) is 10.6. The summed E-state index contributed by atoms with van der Waals surface area (Å²) in [7, 11) is 3.28. The van der Waals surface area contributed by atoms with Gasteiger partial charge in [-0.25, -0.2) is 0 Å². The zero-order valence-corrected chi connectivity index (χ0v) is 15.7. The van der Waals surface area contributed by atoms with E-state index in [1.807, 2.05) is 42.6 Å². The minimum Gasteiger partial charge on any atom is -0.497 e. The molecule has 5 heteroatoms. The number of ether oxygens (including phenoxy) is 2. The first kappa shape index (κ1) is 18.6. The Morgan fingerprint density at radius 3 is 2.52 bits per heavy atom. The number of benzene rings is 2. The lowest BCUT2D eigenvalue weighted by molar-refractivity contribution is -0.120. The molecular weight excluding hydrogens is 340 g/mol. The lowest BCUT2D eigenvalue weighted by Gasteiger charge is -2.10. The number of methoxy groups -OCH3 is 2. The van der Waals surface area contributed by atoms with Crippen molar-refractivity contribution in [2.24, 2.45) is 0 Å². The predicted octanol–water partition coefficient (Wildman–Crippen LogP) is 3.55. The van der Waals surface area contributed by atoms with E-state index in [1.165, 1.54) is 0 Å². The highest BCUT2D eigenvalue weighted by atomic mass is 16.5. The molecule has 27 heavy (non-hydrogen) atoms. The Morgan fingerprint density at radius 2 is 1.85 bits per heavy atom. The summed E-state index contributed by atoms with van der Waals surface area (Å²) in [6, 6.07) is 14.0. The summed E-state index contributed by atoms with van der Waals surface area (Å²) in [4.78, 5) is 12.1. The molecule has 0 saturated carbocycles. The number of nitrogens with zero attached hydrogens (tertiary/aromatic N) is 1. The number of aromatic nitrogens is 1. The van der Waals surface area contributed by atoms with Crippen LogP contribution in [0.15, 0.2) is 61.3 Å². The number of nitrogens with one attached hydrogen (secondary N) is 1. The largest absolute Gasteiger partial charge is 0.497 e. The van der Waals surface area contributed by atoms with Crippen LogP contribution in [0, 0.1) is 0 Å². The monoisotopic (exact) mass is 364 g/mol. The number of carbonyl (C=O) groups is 1. The molecule has 0 aliphatic carbocycles. The lowest BCUT2D eigenvalue weighted by Crippen LogP contribution is -2.24. The van der Waals surface area contributed by atoms with Gasteiger partial charge in [0, 0.05) is 36.3 Å². The molecule has 3 rings (SSSR count). The van der Waals surface area contributed by atoms with Gasteiger partial charge in [-0.3, -0.25) is 4.79 Å². The molecule has 1 N–H and O–H groups in total. The minimum atomic E-state index is -0.0131. The van der Waals surface area contributed by atoms with Crippen LogP contribution in [0.25, 0.3) is 10.9 Å². The van der Waals surface area contributed by atoms with Crippen molar-refractivity contribution >= 4 is 16.8 Å². The van der Waals surface area contributed by atoms with E-state index in [9.17, 15) is 4.79 Å². The molecule has 0 bridgehead atoms. The third-order valence-corrected chi connectivity index (χ3v) is 4.43.